The quantitative estimate of drug-likeness (QED) is 0.882. The second kappa shape index (κ2) is 7.17. The minimum absolute atomic E-state index is 0.199. The summed E-state index contributed by atoms with van der Waals surface area (Å²) in [7, 11) is 0. The van der Waals surface area contributed by atoms with E-state index < -0.39 is 0 Å². The van der Waals surface area contributed by atoms with Crippen LogP contribution in [0.5, 0.6) is 0 Å². The van der Waals surface area contributed by atoms with E-state index in [1.54, 1.807) is 0 Å². The van der Waals surface area contributed by atoms with Crippen LogP contribution in [-0.2, 0) is 0 Å². The molecule has 3 heteroatoms. The number of urea groups is 1. The van der Waals surface area contributed by atoms with Crippen LogP contribution >= 0.6 is 0 Å². The van der Waals surface area contributed by atoms with Gasteiger partial charge in [-0.25, -0.2) is 4.79 Å². The van der Waals surface area contributed by atoms with Crippen molar-refractivity contribution in [2.45, 2.75) is 75.8 Å². The van der Waals surface area contributed by atoms with Crippen molar-refractivity contribution in [3.8, 4) is 0 Å². The van der Waals surface area contributed by atoms with Gasteiger partial charge in [0.05, 0.1) is 0 Å². The molecule has 0 spiro atoms. The lowest BCUT2D eigenvalue weighted by molar-refractivity contribution is 0.107. The molecule has 0 saturated heterocycles. The molecule has 3 rings (SSSR count). The molecule has 0 bridgehead atoms. The molecule has 0 heterocycles. The summed E-state index contributed by atoms with van der Waals surface area (Å²) in [5.41, 5.74) is 7.18. The van der Waals surface area contributed by atoms with Crippen molar-refractivity contribution in [2.24, 2.45) is 5.73 Å². The van der Waals surface area contributed by atoms with E-state index in [4.69, 9.17) is 5.73 Å². The molecule has 2 amide bonds. The zero-order valence-electron chi connectivity index (χ0n) is 13.4. The number of carbonyl (C=O) groups excluding carboxylic acids is 1. The molecule has 2 aliphatic rings. The van der Waals surface area contributed by atoms with Gasteiger partial charge in [-0.15, -0.1) is 0 Å². The Kier molecular flexibility index (Phi) is 5.01. The molecule has 1 aromatic rings. The number of hydrogen-bond acceptors (Lipinski definition) is 1. The Hall–Kier alpha value is -1.51. The second-order valence-corrected chi connectivity index (χ2v) is 6.95. The first-order chi connectivity index (χ1) is 10.8. The first-order valence-electron chi connectivity index (χ1n) is 8.88. The van der Waals surface area contributed by atoms with Crippen LogP contribution in [0.1, 0.15) is 69.3 Å². The number of nitrogens with zero attached hydrogens (tertiary/aromatic N) is 1. The van der Waals surface area contributed by atoms with Crippen molar-refractivity contribution in [2.75, 3.05) is 0 Å². The molecule has 2 aliphatic carbocycles. The summed E-state index contributed by atoms with van der Waals surface area (Å²) in [5, 5.41) is 0. The summed E-state index contributed by atoms with van der Waals surface area (Å²) in [6, 6.07) is 11.3. The fourth-order valence-corrected chi connectivity index (χ4v) is 4.43. The number of amides is 2. The minimum Gasteiger partial charge on any atom is -0.351 e. The van der Waals surface area contributed by atoms with Crippen LogP contribution in [-0.4, -0.2) is 23.0 Å². The van der Waals surface area contributed by atoms with Gasteiger partial charge in [0.15, 0.2) is 0 Å². The maximum atomic E-state index is 12.0. The molecule has 22 heavy (non-hydrogen) atoms. The van der Waals surface area contributed by atoms with Crippen LogP contribution < -0.4 is 5.73 Å². The summed E-state index contributed by atoms with van der Waals surface area (Å²) in [6.07, 6.45) is 10.6. The van der Waals surface area contributed by atoms with Crippen molar-refractivity contribution in [3.63, 3.8) is 0 Å². The van der Waals surface area contributed by atoms with Gasteiger partial charge in [-0.05, 0) is 50.0 Å². The lowest BCUT2D eigenvalue weighted by Gasteiger charge is -2.42. The van der Waals surface area contributed by atoms with Gasteiger partial charge in [-0.1, -0.05) is 49.6 Å². The van der Waals surface area contributed by atoms with Crippen LogP contribution in [0.25, 0.3) is 0 Å². The van der Waals surface area contributed by atoms with Gasteiger partial charge < -0.3 is 10.6 Å². The highest BCUT2D eigenvalue weighted by atomic mass is 16.2. The standard InChI is InChI=1S/C19H28N2O/c20-19(22)21(17-9-5-2-6-10-17)18-13-11-16(12-14-18)15-7-3-1-4-8-15/h1,3-4,7-8,16-18H,2,5-6,9-14H2,(H2,20,22). The molecule has 0 aliphatic heterocycles. The summed E-state index contributed by atoms with van der Waals surface area (Å²) in [4.78, 5) is 14.0. The molecule has 3 nitrogen and oxygen atoms in total. The van der Waals surface area contributed by atoms with Gasteiger partial charge in [-0.2, -0.15) is 0 Å². The largest absolute Gasteiger partial charge is 0.351 e. The SMILES string of the molecule is NC(=O)N(C1CCCCC1)C1CCC(c2ccccc2)CC1. The van der Waals surface area contributed by atoms with Crippen LogP contribution in [0, 0.1) is 0 Å². The highest BCUT2D eigenvalue weighted by Crippen LogP contribution is 2.36. The molecule has 2 fully saturated rings. The Bertz CT molecular complexity index is 473. The molecule has 0 atom stereocenters. The van der Waals surface area contributed by atoms with E-state index in [1.807, 2.05) is 4.90 Å². The predicted molar refractivity (Wildman–Crippen MR) is 89.7 cm³/mol. The Morgan fingerprint density at radius 3 is 2.05 bits per heavy atom. The maximum Gasteiger partial charge on any atom is 0.315 e. The van der Waals surface area contributed by atoms with Gasteiger partial charge in [0.2, 0.25) is 0 Å². The monoisotopic (exact) mass is 300 g/mol. The normalized spacial score (nSPS) is 26.5. The number of primary amides is 1. The Labute approximate surface area is 133 Å². The smallest absolute Gasteiger partial charge is 0.315 e. The van der Waals surface area contributed by atoms with E-state index in [0.717, 1.165) is 25.7 Å². The first kappa shape index (κ1) is 15.4. The molecule has 0 unspecified atom stereocenters. The van der Waals surface area contributed by atoms with E-state index in [0.29, 0.717) is 18.0 Å². The Morgan fingerprint density at radius 2 is 1.45 bits per heavy atom. The van der Waals surface area contributed by atoms with Gasteiger partial charge in [0.25, 0.3) is 0 Å². The number of benzene rings is 1. The zero-order valence-corrected chi connectivity index (χ0v) is 13.4. The zero-order chi connectivity index (χ0) is 15.4. The van der Waals surface area contributed by atoms with Crippen LogP contribution in [0.15, 0.2) is 30.3 Å². The van der Waals surface area contributed by atoms with Crippen molar-refractivity contribution in [1.29, 1.82) is 0 Å². The fraction of sp³-hybridized carbons (Fsp3) is 0.632. The Morgan fingerprint density at radius 1 is 0.864 bits per heavy atom. The van der Waals surface area contributed by atoms with Gasteiger partial charge in [-0.3, -0.25) is 0 Å². The molecule has 2 N–H and O–H groups in total. The first-order valence-corrected chi connectivity index (χ1v) is 8.88. The van der Waals surface area contributed by atoms with Gasteiger partial charge in [0, 0.05) is 12.1 Å². The highest BCUT2D eigenvalue weighted by molar-refractivity contribution is 5.72. The van der Waals surface area contributed by atoms with Crippen LogP contribution in [0.2, 0.25) is 0 Å². The molecular formula is C19H28N2O. The van der Waals surface area contributed by atoms with E-state index in [-0.39, 0.29) is 6.03 Å². The number of nitrogens with two attached hydrogens (primary N) is 1. The summed E-state index contributed by atoms with van der Waals surface area (Å²) < 4.78 is 0. The lowest BCUT2D eigenvalue weighted by atomic mass is 9.80. The van der Waals surface area contributed by atoms with Crippen molar-refractivity contribution < 1.29 is 4.79 Å². The summed E-state index contributed by atoms with van der Waals surface area (Å²) >= 11 is 0. The fourth-order valence-electron chi connectivity index (χ4n) is 4.43. The predicted octanol–water partition coefficient (Wildman–Crippen LogP) is 4.43. The molecule has 1 aromatic carbocycles. The highest BCUT2D eigenvalue weighted by Gasteiger charge is 2.33. The average molecular weight is 300 g/mol. The molecular weight excluding hydrogens is 272 g/mol. The topological polar surface area (TPSA) is 46.3 Å². The second-order valence-electron chi connectivity index (χ2n) is 6.95. The number of carbonyl (C=O) groups is 1. The number of rotatable bonds is 3. The number of hydrogen-bond donors (Lipinski definition) is 1. The minimum atomic E-state index is -0.199. The third kappa shape index (κ3) is 3.45. The van der Waals surface area contributed by atoms with Crippen molar-refractivity contribution in [3.05, 3.63) is 35.9 Å². The molecule has 0 aromatic heterocycles. The van der Waals surface area contributed by atoms with Crippen molar-refractivity contribution >= 4 is 6.03 Å². The van der Waals surface area contributed by atoms with E-state index in [2.05, 4.69) is 30.3 Å². The summed E-state index contributed by atoms with van der Waals surface area (Å²) in [6.45, 7) is 0. The van der Waals surface area contributed by atoms with Gasteiger partial charge >= 0.3 is 6.03 Å². The lowest BCUT2D eigenvalue weighted by Crippen LogP contribution is -2.51. The molecule has 0 radical (unpaired) electrons. The Balaban J connectivity index is 1.62. The molecule has 120 valence electrons. The third-order valence-electron chi connectivity index (χ3n) is 5.58. The van der Waals surface area contributed by atoms with Gasteiger partial charge in [0.1, 0.15) is 0 Å². The van der Waals surface area contributed by atoms with E-state index >= 15 is 0 Å². The van der Waals surface area contributed by atoms with E-state index in [1.165, 1.54) is 37.7 Å². The molecule has 2 saturated carbocycles. The van der Waals surface area contributed by atoms with Crippen LogP contribution in [0.4, 0.5) is 4.79 Å². The average Bonchev–Trinajstić information content (AvgIpc) is 2.57. The van der Waals surface area contributed by atoms with Crippen molar-refractivity contribution in [1.82, 2.24) is 4.90 Å². The van der Waals surface area contributed by atoms with Crippen LogP contribution in [0.3, 0.4) is 0 Å². The summed E-state index contributed by atoms with van der Waals surface area (Å²) in [5.74, 6) is 0.651. The van der Waals surface area contributed by atoms with E-state index in [9.17, 15) is 4.79 Å². The third-order valence-corrected chi connectivity index (χ3v) is 5.58. The maximum absolute atomic E-state index is 12.0.